The Morgan fingerprint density at radius 3 is 2.39 bits per heavy atom. The van der Waals surface area contributed by atoms with Crippen molar-refractivity contribution in [2.75, 3.05) is 6.54 Å². The smallest absolute Gasteiger partial charge is 0.290 e. The molecule has 1 rings (SSSR count). The van der Waals surface area contributed by atoms with Crippen LogP contribution >= 0.6 is 0 Å². The van der Waals surface area contributed by atoms with Crippen LogP contribution in [0.25, 0.3) is 0 Å². The first-order valence-electron chi connectivity index (χ1n) is 7.11. The van der Waals surface area contributed by atoms with Gasteiger partial charge in [-0.05, 0) is 19.3 Å². The first-order chi connectivity index (χ1) is 8.76. The van der Waals surface area contributed by atoms with E-state index in [1.54, 1.807) is 0 Å². The summed E-state index contributed by atoms with van der Waals surface area (Å²) in [5, 5.41) is 9.96. The van der Waals surface area contributed by atoms with Crippen molar-refractivity contribution in [2.45, 2.75) is 64.7 Å². The van der Waals surface area contributed by atoms with Gasteiger partial charge < -0.3 is 10.4 Å². The first-order valence-corrected chi connectivity index (χ1v) is 7.11. The number of amides is 1. The van der Waals surface area contributed by atoms with Crippen LogP contribution in [0.15, 0.2) is 0 Å². The van der Waals surface area contributed by atoms with Gasteiger partial charge >= 0.3 is 0 Å². The molecule has 1 fully saturated rings. The zero-order valence-electron chi connectivity index (χ0n) is 11.5. The van der Waals surface area contributed by atoms with Crippen molar-refractivity contribution >= 4 is 12.4 Å². The summed E-state index contributed by atoms with van der Waals surface area (Å²) < 4.78 is 0. The van der Waals surface area contributed by atoms with Crippen molar-refractivity contribution in [1.29, 1.82) is 0 Å². The summed E-state index contributed by atoms with van der Waals surface area (Å²) in [6.45, 7) is 2.84. The molecule has 0 unspecified atom stereocenters. The lowest BCUT2D eigenvalue weighted by atomic mass is 9.89. The van der Waals surface area contributed by atoms with E-state index in [9.17, 15) is 4.79 Å². The molecule has 0 bridgehead atoms. The summed E-state index contributed by atoms with van der Waals surface area (Å²) in [7, 11) is 0. The summed E-state index contributed by atoms with van der Waals surface area (Å²) in [6.07, 6.45) is 11.0. The highest BCUT2D eigenvalue weighted by Gasteiger charge is 2.20. The number of hydrogen-bond donors (Lipinski definition) is 2. The second-order valence-electron chi connectivity index (χ2n) is 4.79. The van der Waals surface area contributed by atoms with Gasteiger partial charge in [0.15, 0.2) is 0 Å². The molecule has 0 aromatic carbocycles. The minimum absolute atomic E-state index is 0.250. The van der Waals surface area contributed by atoms with Crippen LogP contribution in [0.1, 0.15) is 64.7 Å². The molecule has 0 radical (unpaired) electrons. The summed E-state index contributed by atoms with van der Waals surface area (Å²) >= 11 is 0. The molecular formula is C14H27NO3. The first kappa shape index (κ1) is 16.9. The third-order valence-electron chi connectivity index (χ3n) is 3.31. The molecule has 1 aliphatic rings. The molecule has 0 aromatic heterocycles. The van der Waals surface area contributed by atoms with Crippen LogP contribution in [0.4, 0.5) is 0 Å². The molecule has 1 aliphatic carbocycles. The number of nitrogens with one attached hydrogen (secondary N) is 1. The largest absolute Gasteiger partial charge is 0.483 e. The molecule has 0 saturated heterocycles. The Bertz CT molecular complexity index is 213. The quantitative estimate of drug-likeness (QED) is 0.568. The van der Waals surface area contributed by atoms with E-state index in [4.69, 9.17) is 9.90 Å². The van der Waals surface area contributed by atoms with Crippen molar-refractivity contribution in [3.63, 3.8) is 0 Å². The van der Waals surface area contributed by atoms with Crippen molar-refractivity contribution in [3.05, 3.63) is 0 Å². The van der Waals surface area contributed by atoms with Gasteiger partial charge in [-0.3, -0.25) is 9.59 Å². The van der Waals surface area contributed by atoms with Gasteiger partial charge in [0.25, 0.3) is 6.47 Å². The molecule has 0 heterocycles. The Labute approximate surface area is 110 Å². The second-order valence-corrected chi connectivity index (χ2v) is 4.79. The Hall–Kier alpha value is -1.06. The molecule has 1 saturated carbocycles. The summed E-state index contributed by atoms with van der Waals surface area (Å²) in [6, 6.07) is 0. The van der Waals surface area contributed by atoms with Gasteiger partial charge in [0.1, 0.15) is 0 Å². The van der Waals surface area contributed by atoms with E-state index < -0.39 is 0 Å². The maximum atomic E-state index is 11.7. The third kappa shape index (κ3) is 9.02. The van der Waals surface area contributed by atoms with Crippen LogP contribution in [-0.2, 0) is 9.59 Å². The van der Waals surface area contributed by atoms with E-state index in [2.05, 4.69) is 12.2 Å². The van der Waals surface area contributed by atoms with Gasteiger partial charge in [0, 0.05) is 12.5 Å². The minimum atomic E-state index is -0.250. The monoisotopic (exact) mass is 257 g/mol. The number of rotatable bonds is 6. The van der Waals surface area contributed by atoms with Crippen LogP contribution in [-0.4, -0.2) is 24.0 Å². The third-order valence-corrected chi connectivity index (χ3v) is 3.31. The van der Waals surface area contributed by atoms with E-state index in [-0.39, 0.29) is 6.47 Å². The topological polar surface area (TPSA) is 66.4 Å². The van der Waals surface area contributed by atoms with Gasteiger partial charge in [-0.25, -0.2) is 0 Å². The number of unbranched alkanes of at least 4 members (excludes halogenated alkanes) is 3. The second kappa shape index (κ2) is 12.4. The zero-order chi connectivity index (χ0) is 13.6. The van der Waals surface area contributed by atoms with Gasteiger partial charge in [0.2, 0.25) is 5.91 Å². The summed E-state index contributed by atoms with van der Waals surface area (Å²) in [4.78, 5) is 20.1. The van der Waals surface area contributed by atoms with E-state index in [0.717, 1.165) is 25.8 Å². The van der Waals surface area contributed by atoms with Crippen molar-refractivity contribution in [1.82, 2.24) is 5.32 Å². The fourth-order valence-corrected chi connectivity index (χ4v) is 2.27. The van der Waals surface area contributed by atoms with Gasteiger partial charge in [-0.2, -0.15) is 0 Å². The van der Waals surface area contributed by atoms with E-state index in [1.807, 2.05) is 0 Å². The highest BCUT2D eigenvalue weighted by molar-refractivity contribution is 5.78. The van der Waals surface area contributed by atoms with Crippen LogP contribution in [0.5, 0.6) is 0 Å². The standard InChI is InChI=1S/C13H25NO.CH2O2/c1-2-3-4-8-11-14-13(15)12-9-6-5-7-10-12;2-1-3/h12H,2-11H2,1H3,(H,14,15);1H,(H,2,3). The highest BCUT2D eigenvalue weighted by Crippen LogP contribution is 2.23. The average molecular weight is 257 g/mol. The molecular weight excluding hydrogens is 230 g/mol. The SMILES string of the molecule is CCCCCCNC(=O)C1CCCCC1.O=CO. The lowest BCUT2D eigenvalue weighted by Gasteiger charge is -2.20. The number of carbonyl (C=O) groups excluding carboxylic acids is 1. The van der Waals surface area contributed by atoms with Gasteiger partial charge in [0.05, 0.1) is 0 Å². The molecule has 0 spiro atoms. The van der Waals surface area contributed by atoms with Gasteiger partial charge in [-0.15, -0.1) is 0 Å². The number of hydrogen-bond acceptors (Lipinski definition) is 2. The minimum Gasteiger partial charge on any atom is -0.483 e. The van der Waals surface area contributed by atoms with Crippen LogP contribution in [0.3, 0.4) is 0 Å². The average Bonchev–Trinajstić information content (AvgIpc) is 2.40. The van der Waals surface area contributed by atoms with Crippen molar-refractivity contribution < 1.29 is 14.7 Å². The Morgan fingerprint density at radius 2 is 1.83 bits per heavy atom. The highest BCUT2D eigenvalue weighted by atomic mass is 16.3. The Kier molecular flexibility index (Phi) is 11.7. The van der Waals surface area contributed by atoms with Crippen LogP contribution in [0, 0.1) is 5.92 Å². The maximum Gasteiger partial charge on any atom is 0.290 e. The van der Waals surface area contributed by atoms with Gasteiger partial charge in [-0.1, -0.05) is 45.4 Å². The molecule has 18 heavy (non-hydrogen) atoms. The fraction of sp³-hybridized carbons (Fsp3) is 0.857. The normalized spacial score (nSPS) is 15.4. The van der Waals surface area contributed by atoms with Crippen molar-refractivity contribution in [2.24, 2.45) is 5.92 Å². The van der Waals surface area contributed by atoms with Crippen molar-refractivity contribution in [3.8, 4) is 0 Å². The van der Waals surface area contributed by atoms with Crippen LogP contribution in [0.2, 0.25) is 0 Å². The molecule has 0 aromatic rings. The van der Waals surface area contributed by atoms with E-state index >= 15 is 0 Å². The molecule has 2 N–H and O–H groups in total. The molecule has 0 aliphatic heterocycles. The maximum absolute atomic E-state index is 11.7. The summed E-state index contributed by atoms with van der Waals surface area (Å²) in [5.74, 6) is 0.635. The van der Waals surface area contributed by atoms with Crippen LogP contribution < -0.4 is 5.32 Å². The molecule has 4 heteroatoms. The molecule has 106 valence electrons. The Balaban J connectivity index is 0.000000873. The number of carbonyl (C=O) groups is 2. The molecule has 1 amide bonds. The molecule has 0 atom stereocenters. The lowest BCUT2D eigenvalue weighted by molar-refractivity contribution is -0.126. The zero-order valence-corrected chi connectivity index (χ0v) is 11.5. The van der Waals surface area contributed by atoms with E-state index in [0.29, 0.717) is 11.8 Å². The fourth-order valence-electron chi connectivity index (χ4n) is 2.27. The predicted molar refractivity (Wildman–Crippen MR) is 72.4 cm³/mol. The number of carboxylic acid groups (broad SMARTS) is 1. The Morgan fingerprint density at radius 1 is 1.22 bits per heavy atom. The summed E-state index contributed by atoms with van der Waals surface area (Å²) in [5.41, 5.74) is 0. The predicted octanol–water partition coefficient (Wildman–Crippen LogP) is 2.96. The lowest BCUT2D eigenvalue weighted by Crippen LogP contribution is -2.32. The van der Waals surface area contributed by atoms with E-state index in [1.165, 1.54) is 38.5 Å². The molecule has 4 nitrogen and oxygen atoms in total.